The quantitative estimate of drug-likeness (QED) is 0.538. The molecular formula is C6H6N2O3. The summed E-state index contributed by atoms with van der Waals surface area (Å²) in [6, 6.07) is 3.27. The zero-order valence-corrected chi connectivity index (χ0v) is 5.90. The van der Waals surface area contributed by atoms with E-state index >= 15 is 0 Å². The molecular weight excluding hydrogens is 148 g/mol. The molecule has 0 rings (SSSR count). The van der Waals surface area contributed by atoms with Crippen LogP contribution in [0.2, 0.25) is 0 Å². The second-order valence-electron chi connectivity index (χ2n) is 1.58. The summed E-state index contributed by atoms with van der Waals surface area (Å²) in [4.78, 5) is 10.3. The Morgan fingerprint density at radius 1 is 1.55 bits per heavy atom. The molecule has 0 bridgehead atoms. The topological polar surface area (TPSA) is 83.1 Å². The van der Waals surface area contributed by atoms with Crippen molar-refractivity contribution in [1.82, 2.24) is 0 Å². The molecule has 0 aromatic heterocycles. The van der Waals surface area contributed by atoms with Gasteiger partial charge < -0.3 is 9.47 Å². The van der Waals surface area contributed by atoms with Gasteiger partial charge in [0, 0.05) is 0 Å². The maximum atomic E-state index is 10.3. The van der Waals surface area contributed by atoms with E-state index in [1.54, 1.807) is 12.1 Å². The molecule has 0 atom stereocenters. The maximum absolute atomic E-state index is 10.3. The Morgan fingerprint density at radius 2 is 2.09 bits per heavy atom. The molecule has 0 saturated carbocycles. The highest BCUT2D eigenvalue weighted by Gasteiger charge is 2.08. The first-order valence-corrected chi connectivity index (χ1v) is 2.74. The standard InChI is InChI=1S/C6H6N2O3/c1-10-6(9)11-4-5(2-7)3-8/h5H,4H2,1H3. The molecule has 0 fully saturated rings. The van der Waals surface area contributed by atoms with Crippen molar-refractivity contribution < 1.29 is 14.3 Å². The van der Waals surface area contributed by atoms with Crippen LogP contribution in [0.5, 0.6) is 0 Å². The minimum Gasteiger partial charge on any atom is -0.438 e. The first kappa shape index (κ1) is 9.25. The van der Waals surface area contributed by atoms with E-state index in [4.69, 9.17) is 10.5 Å². The van der Waals surface area contributed by atoms with Crippen molar-refractivity contribution in [3.8, 4) is 12.1 Å². The highest BCUT2D eigenvalue weighted by Crippen LogP contribution is 1.93. The molecule has 0 spiro atoms. The van der Waals surface area contributed by atoms with E-state index < -0.39 is 12.1 Å². The fourth-order valence-electron chi connectivity index (χ4n) is 0.314. The van der Waals surface area contributed by atoms with E-state index in [0.29, 0.717) is 0 Å². The number of carbonyl (C=O) groups excluding carboxylic acids is 1. The molecule has 0 N–H and O–H groups in total. The summed E-state index contributed by atoms with van der Waals surface area (Å²) >= 11 is 0. The number of nitrogens with zero attached hydrogens (tertiary/aromatic N) is 2. The van der Waals surface area contributed by atoms with Gasteiger partial charge in [0.05, 0.1) is 19.2 Å². The predicted molar refractivity (Wildman–Crippen MR) is 33.1 cm³/mol. The van der Waals surface area contributed by atoms with Gasteiger partial charge in [-0.15, -0.1) is 0 Å². The zero-order valence-electron chi connectivity index (χ0n) is 5.90. The summed E-state index contributed by atoms with van der Waals surface area (Å²) in [6.45, 7) is -0.250. The highest BCUT2D eigenvalue weighted by atomic mass is 16.7. The summed E-state index contributed by atoms with van der Waals surface area (Å²) in [5.41, 5.74) is 0. The molecule has 0 amide bonds. The van der Waals surface area contributed by atoms with Crippen LogP contribution in [-0.2, 0) is 9.47 Å². The van der Waals surface area contributed by atoms with Crippen LogP contribution < -0.4 is 0 Å². The van der Waals surface area contributed by atoms with Crippen molar-refractivity contribution >= 4 is 6.16 Å². The lowest BCUT2D eigenvalue weighted by atomic mass is 10.2. The van der Waals surface area contributed by atoms with E-state index in [0.717, 1.165) is 7.11 Å². The van der Waals surface area contributed by atoms with Gasteiger partial charge in [0.25, 0.3) is 0 Å². The van der Waals surface area contributed by atoms with Crippen molar-refractivity contribution in [1.29, 1.82) is 10.5 Å². The van der Waals surface area contributed by atoms with Gasteiger partial charge in [-0.25, -0.2) is 4.79 Å². The van der Waals surface area contributed by atoms with Crippen molar-refractivity contribution in [2.75, 3.05) is 13.7 Å². The molecule has 0 aliphatic heterocycles. The van der Waals surface area contributed by atoms with Gasteiger partial charge >= 0.3 is 6.16 Å². The third-order valence-electron chi connectivity index (χ3n) is 0.846. The molecule has 5 heteroatoms. The van der Waals surface area contributed by atoms with E-state index in [1.165, 1.54) is 0 Å². The van der Waals surface area contributed by atoms with Crippen LogP contribution in [-0.4, -0.2) is 19.9 Å². The van der Waals surface area contributed by atoms with Crippen LogP contribution in [0.4, 0.5) is 4.79 Å². The third kappa shape index (κ3) is 3.77. The smallest absolute Gasteiger partial charge is 0.438 e. The molecule has 0 radical (unpaired) electrons. The summed E-state index contributed by atoms with van der Waals surface area (Å²) in [6.07, 6.45) is -0.888. The summed E-state index contributed by atoms with van der Waals surface area (Å²) in [5.74, 6) is -0.922. The fourth-order valence-corrected chi connectivity index (χ4v) is 0.314. The van der Waals surface area contributed by atoms with Crippen molar-refractivity contribution in [3.05, 3.63) is 0 Å². The van der Waals surface area contributed by atoms with Crippen LogP contribution in [0.3, 0.4) is 0 Å². The molecule has 0 aliphatic rings. The number of hydrogen-bond donors (Lipinski definition) is 0. The van der Waals surface area contributed by atoms with Crippen LogP contribution in [0.25, 0.3) is 0 Å². The highest BCUT2D eigenvalue weighted by molar-refractivity contribution is 5.59. The average molecular weight is 154 g/mol. The Kier molecular flexibility index (Phi) is 4.26. The molecule has 0 unspecified atom stereocenters. The Labute approximate surface area is 63.7 Å². The SMILES string of the molecule is COC(=O)OCC(C#N)C#N. The summed E-state index contributed by atoms with van der Waals surface area (Å²) in [7, 11) is 1.15. The molecule has 0 aromatic carbocycles. The lowest BCUT2D eigenvalue weighted by Crippen LogP contribution is -2.11. The second kappa shape index (κ2) is 5.07. The average Bonchev–Trinajstić information content (AvgIpc) is 2.06. The first-order chi connectivity index (χ1) is 5.24. The monoisotopic (exact) mass is 154 g/mol. The van der Waals surface area contributed by atoms with Gasteiger partial charge in [0.2, 0.25) is 0 Å². The molecule has 58 valence electrons. The number of hydrogen-bond acceptors (Lipinski definition) is 5. The third-order valence-corrected chi connectivity index (χ3v) is 0.846. The van der Waals surface area contributed by atoms with Crippen molar-refractivity contribution in [2.45, 2.75) is 0 Å². The molecule has 0 saturated heterocycles. The van der Waals surface area contributed by atoms with Gasteiger partial charge in [-0.2, -0.15) is 10.5 Å². The van der Waals surface area contributed by atoms with E-state index in [2.05, 4.69) is 9.47 Å². The Morgan fingerprint density at radius 3 is 2.45 bits per heavy atom. The van der Waals surface area contributed by atoms with Crippen molar-refractivity contribution in [2.24, 2.45) is 5.92 Å². The normalized spacial score (nSPS) is 8.00. The second-order valence-corrected chi connectivity index (χ2v) is 1.58. The van der Waals surface area contributed by atoms with E-state index in [-0.39, 0.29) is 6.61 Å². The Balaban J connectivity index is 3.64. The van der Waals surface area contributed by atoms with Crippen molar-refractivity contribution in [3.63, 3.8) is 0 Å². The van der Waals surface area contributed by atoms with Crippen LogP contribution in [0.15, 0.2) is 0 Å². The minimum atomic E-state index is -0.922. The summed E-state index contributed by atoms with van der Waals surface area (Å²) < 4.78 is 8.44. The summed E-state index contributed by atoms with van der Waals surface area (Å²) in [5, 5.41) is 16.4. The predicted octanol–water partition coefficient (Wildman–Crippen LogP) is 0.433. The first-order valence-electron chi connectivity index (χ1n) is 2.74. The molecule has 0 aromatic rings. The van der Waals surface area contributed by atoms with Gasteiger partial charge in [0.1, 0.15) is 6.61 Å². The van der Waals surface area contributed by atoms with Crippen LogP contribution in [0, 0.1) is 28.6 Å². The lowest BCUT2D eigenvalue weighted by Gasteiger charge is -2.00. The number of rotatable bonds is 2. The number of nitriles is 2. The Bertz CT molecular complexity index is 199. The van der Waals surface area contributed by atoms with E-state index in [1.807, 2.05) is 0 Å². The van der Waals surface area contributed by atoms with E-state index in [9.17, 15) is 4.79 Å². The molecule has 11 heavy (non-hydrogen) atoms. The number of carbonyl (C=O) groups is 1. The molecule has 5 nitrogen and oxygen atoms in total. The van der Waals surface area contributed by atoms with Gasteiger partial charge in [0.15, 0.2) is 5.92 Å². The maximum Gasteiger partial charge on any atom is 0.508 e. The molecule has 0 heterocycles. The fraction of sp³-hybridized carbons (Fsp3) is 0.500. The number of ether oxygens (including phenoxy) is 2. The van der Waals surface area contributed by atoms with Crippen LogP contribution >= 0.6 is 0 Å². The van der Waals surface area contributed by atoms with Gasteiger partial charge in [-0.3, -0.25) is 0 Å². The van der Waals surface area contributed by atoms with Gasteiger partial charge in [-0.1, -0.05) is 0 Å². The molecule has 0 aliphatic carbocycles. The van der Waals surface area contributed by atoms with Gasteiger partial charge in [-0.05, 0) is 0 Å². The minimum absolute atomic E-state index is 0.250. The largest absolute Gasteiger partial charge is 0.508 e. The lowest BCUT2D eigenvalue weighted by molar-refractivity contribution is 0.0697. The number of methoxy groups -OCH3 is 1. The Hall–Kier alpha value is -1.75. The zero-order chi connectivity index (χ0) is 8.69. The van der Waals surface area contributed by atoms with Crippen LogP contribution in [0.1, 0.15) is 0 Å².